The molecule has 1 nitrogen and oxygen atoms in total. The molecule has 0 saturated carbocycles. The van der Waals surface area contributed by atoms with Crippen molar-refractivity contribution in [1.29, 1.82) is 0 Å². The van der Waals surface area contributed by atoms with Gasteiger partial charge in [-0.15, -0.1) is 0 Å². The average Bonchev–Trinajstić information content (AvgIpc) is 2.54. The maximum absolute atomic E-state index is 2.41. The molecule has 1 heteroatoms. The van der Waals surface area contributed by atoms with E-state index in [1.165, 1.54) is 38.0 Å². The molecule has 4 aromatic rings. The Labute approximate surface area is 125 Å². The van der Waals surface area contributed by atoms with Crippen molar-refractivity contribution < 1.29 is 0 Å². The Hall–Kier alpha value is -2.28. The Morgan fingerprint density at radius 2 is 1.14 bits per heavy atom. The molecule has 0 fully saturated rings. The van der Waals surface area contributed by atoms with Crippen LogP contribution in [0.2, 0.25) is 0 Å². The highest BCUT2D eigenvalue weighted by molar-refractivity contribution is 6.23. The molecule has 0 atom stereocenters. The van der Waals surface area contributed by atoms with Crippen molar-refractivity contribution >= 4 is 38.0 Å². The first-order valence-electron chi connectivity index (χ1n) is 7.74. The van der Waals surface area contributed by atoms with Crippen molar-refractivity contribution in [1.82, 2.24) is 0 Å². The lowest BCUT2D eigenvalue weighted by molar-refractivity contribution is 0.868. The van der Waals surface area contributed by atoms with E-state index in [2.05, 4.69) is 73.3 Å². The Morgan fingerprint density at radius 1 is 0.667 bits per heavy atom. The summed E-state index contributed by atoms with van der Waals surface area (Å²) >= 11 is 0. The van der Waals surface area contributed by atoms with Crippen molar-refractivity contribution in [2.24, 2.45) is 0 Å². The second-order valence-electron chi connectivity index (χ2n) is 5.65. The van der Waals surface area contributed by atoms with E-state index in [1.54, 1.807) is 0 Å². The molecule has 0 aliphatic rings. The number of anilines is 1. The maximum atomic E-state index is 2.41. The molecule has 4 rings (SSSR count). The standard InChI is InChI=1S/C20H19N/c1-3-21(4-2)18-12-16-10-8-14-6-5-7-15-9-11-17(13-18)20(16)19(14)15/h5-13H,3-4H2,1-2H3. The molecule has 0 N–H and O–H groups in total. The van der Waals surface area contributed by atoms with Crippen LogP contribution in [0.3, 0.4) is 0 Å². The Kier molecular flexibility index (Phi) is 2.75. The van der Waals surface area contributed by atoms with Gasteiger partial charge in [-0.05, 0) is 58.3 Å². The van der Waals surface area contributed by atoms with Gasteiger partial charge in [0, 0.05) is 18.8 Å². The number of hydrogen-bond acceptors (Lipinski definition) is 1. The molecule has 0 bridgehead atoms. The predicted molar refractivity (Wildman–Crippen MR) is 93.7 cm³/mol. The van der Waals surface area contributed by atoms with Gasteiger partial charge in [0.05, 0.1) is 0 Å². The minimum atomic E-state index is 1.05. The summed E-state index contributed by atoms with van der Waals surface area (Å²) in [7, 11) is 0. The van der Waals surface area contributed by atoms with Gasteiger partial charge in [0.1, 0.15) is 0 Å². The first kappa shape index (κ1) is 12.5. The summed E-state index contributed by atoms with van der Waals surface area (Å²) < 4.78 is 0. The maximum Gasteiger partial charge on any atom is 0.0378 e. The van der Waals surface area contributed by atoms with Gasteiger partial charge in [-0.2, -0.15) is 0 Å². The fourth-order valence-corrected chi connectivity index (χ4v) is 3.51. The van der Waals surface area contributed by atoms with Gasteiger partial charge in [0.15, 0.2) is 0 Å². The summed E-state index contributed by atoms with van der Waals surface area (Å²) in [6.07, 6.45) is 0. The zero-order valence-corrected chi connectivity index (χ0v) is 12.6. The number of hydrogen-bond donors (Lipinski definition) is 0. The normalized spacial score (nSPS) is 11.7. The zero-order valence-electron chi connectivity index (χ0n) is 12.6. The van der Waals surface area contributed by atoms with Crippen LogP contribution >= 0.6 is 0 Å². The molecular formula is C20H19N. The lowest BCUT2D eigenvalue weighted by Crippen LogP contribution is -2.21. The molecule has 0 spiro atoms. The average molecular weight is 273 g/mol. The number of nitrogens with zero attached hydrogens (tertiary/aromatic N) is 1. The molecule has 0 radical (unpaired) electrons. The first-order chi connectivity index (χ1) is 10.3. The highest BCUT2D eigenvalue weighted by Gasteiger charge is 2.10. The van der Waals surface area contributed by atoms with Crippen LogP contribution in [0.5, 0.6) is 0 Å². The van der Waals surface area contributed by atoms with Crippen molar-refractivity contribution in [3.05, 3.63) is 54.6 Å². The molecule has 0 aromatic heterocycles. The smallest absolute Gasteiger partial charge is 0.0378 e. The monoisotopic (exact) mass is 273 g/mol. The highest BCUT2D eigenvalue weighted by Crippen LogP contribution is 2.36. The van der Waals surface area contributed by atoms with Crippen molar-refractivity contribution in [2.45, 2.75) is 13.8 Å². The van der Waals surface area contributed by atoms with Crippen LogP contribution in [-0.4, -0.2) is 13.1 Å². The quantitative estimate of drug-likeness (QED) is 0.450. The zero-order chi connectivity index (χ0) is 14.4. The summed E-state index contributed by atoms with van der Waals surface area (Å²) in [5, 5.41) is 8.17. The number of rotatable bonds is 3. The Bertz CT molecular complexity index is 855. The van der Waals surface area contributed by atoms with Crippen LogP contribution in [-0.2, 0) is 0 Å². The van der Waals surface area contributed by atoms with Gasteiger partial charge in [-0.25, -0.2) is 0 Å². The summed E-state index contributed by atoms with van der Waals surface area (Å²) in [5.41, 5.74) is 1.32. The van der Waals surface area contributed by atoms with Crippen LogP contribution in [0.15, 0.2) is 54.6 Å². The van der Waals surface area contributed by atoms with E-state index >= 15 is 0 Å². The summed E-state index contributed by atoms with van der Waals surface area (Å²) in [5.74, 6) is 0. The SMILES string of the molecule is CCN(CC)c1cc2ccc3cccc4ccc(c1)c2c34. The molecule has 0 amide bonds. The lowest BCUT2D eigenvalue weighted by atomic mass is 9.94. The first-order valence-corrected chi connectivity index (χ1v) is 7.74. The van der Waals surface area contributed by atoms with Gasteiger partial charge in [0.2, 0.25) is 0 Å². The molecule has 0 heterocycles. The van der Waals surface area contributed by atoms with E-state index in [0.29, 0.717) is 0 Å². The van der Waals surface area contributed by atoms with Gasteiger partial charge in [-0.3, -0.25) is 0 Å². The van der Waals surface area contributed by atoms with E-state index in [0.717, 1.165) is 13.1 Å². The van der Waals surface area contributed by atoms with Crippen LogP contribution in [0.1, 0.15) is 13.8 Å². The molecule has 0 saturated heterocycles. The van der Waals surface area contributed by atoms with E-state index in [9.17, 15) is 0 Å². The van der Waals surface area contributed by atoms with Crippen molar-refractivity contribution in [3.8, 4) is 0 Å². The van der Waals surface area contributed by atoms with Gasteiger partial charge in [0.25, 0.3) is 0 Å². The topological polar surface area (TPSA) is 3.24 Å². The van der Waals surface area contributed by atoms with Gasteiger partial charge >= 0.3 is 0 Å². The fourth-order valence-electron chi connectivity index (χ4n) is 3.51. The third-order valence-electron chi connectivity index (χ3n) is 4.58. The molecule has 21 heavy (non-hydrogen) atoms. The lowest BCUT2D eigenvalue weighted by Gasteiger charge is -2.22. The van der Waals surface area contributed by atoms with E-state index in [1.807, 2.05) is 0 Å². The van der Waals surface area contributed by atoms with E-state index in [4.69, 9.17) is 0 Å². The largest absolute Gasteiger partial charge is 0.372 e. The second-order valence-corrected chi connectivity index (χ2v) is 5.65. The fraction of sp³-hybridized carbons (Fsp3) is 0.200. The highest BCUT2D eigenvalue weighted by atomic mass is 15.1. The summed E-state index contributed by atoms with van der Waals surface area (Å²) in [6, 6.07) is 20.2. The van der Waals surface area contributed by atoms with Gasteiger partial charge < -0.3 is 4.90 Å². The summed E-state index contributed by atoms with van der Waals surface area (Å²) in [6.45, 7) is 6.52. The predicted octanol–water partition coefficient (Wildman–Crippen LogP) is 5.43. The van der Waals surface area contributed by atoms with Crippen molar-refractivity contribution in [3.63, 3.8) is 0 Å². The van der Waals surface area contributed by atoms with Gasteiger partial charge in [-0.1, -0.05) is 42.5 Å². The molecule has 4 aromatic carbocycles. The van der Waals surface area contributed by atoms with Crippen LogP contribution in [0.4, 0.5) is 5.69 Å². The molecule has 0 aliphatic carbocycles. The third-order valence-corrected chi connectivity index (χ3v) is 4.58. The van der Waals surface area contributed by atoms with E-state index in [-0.39, 0.29) is 0 Å². The minimum Gasteiger partial charge on any atom is -0.372 e. The third kappa shape index (κ3) is 1.77. The van der Waals surface area contributed by atoms with Crippen LogP contribution < -0.4 is 4.90 Å². The van der Waals surface area contributed by atoms with Crippen LogP contribution in [0.25, 0.3) is 32.3 Å². The van der Waals surface area contributed by atoms with E-state index < -0.39 is 0 Å². The molecular weight excluding hydrogens is 254 g/mol. The minimum absolute atomic E-state index is 1.05. The second kappa shape index (κ2) is 4.63. The molecule has 0 unspecified atom stereocenters. The van der Waals surface area contributed by atoms with Crippen LogP contribution in [0, 0.1) is 0 Å². The summed E-state index contributed by atoms with van der Waals surface area (Å²) in [4.78, 5) is 2.41. The Morgan fingerprint density at radius 3 is 1.67 bits per heavy atom. The molecule has 0 aliphatic heterocycles. The Balaban J connectivity index is 2.13. The molecule has 104 valence electrons. The number of benzene rings is 4. The van der Waals surface area contributed by atoms with Crippen molar-refractivity contribution in [2.75, 3.05) is 18.0 Å².